The zero-order chi connectivity index (χ0) is 21.8. The van der Waals surface area contributed by atoms with E-state index in [4.69, 9.17) is 0 Å². The molecule has 2 heterocycles. The second-order valence-corrected chi connectivity index (χ2v) is 8.96. The van der Waals surface area contributed by atoms with Gasteiger partial charge in [0.15, 0.2) is 0 Å². The van der Waals surface area contributed by atoms with Gasteiger partial charge in [-0.15, -0.1) is 0 Å². The Balaban J connectivity index is 1.39. The molecule has 0 spiro atoms. The summed E-state index contributed by atoms with van der Waals surface area (Å²) in [6.07, 6.45) is 1.63. The fourth-order valence-corrected chi connectivity index (χ4v) is 4.60. The molecule has 2 aromatic carbocycles. The number of pyridine rings is 1. The van der Waals surface area contributed by atoms with Gasteiger partial charge in [0, 0.05) is 44.6 Å². The van der Waals surface area contributed by atoms with Crippen LogP contribution in [-0.4, -0.2) is 39.6 Å². The molecule has 31 heavy (non-hydrogen) atoms. The Kier molecular flexibility index (Phi) is 6.15. The van der Waals surface area contributed by atoms with Crippen LogP contribution in [0.5, 0.6) is 0 Å². The van der Waals surface area contributed by atoms with Gasteiger partial charge in [0.1, 0.15) is 22.3 Å². The number of hydrogen-bond acceptors (Lipinski definition) is 5. The average Bonchev–Trinajstić information content (AvgIpc) is 2.79. The highest BCUT2D eigenvalue weighted by molar-refractivity contribution is 7.89. The molecule has 162 valence electrons. The Morgan fingerprint density at radius 2 is 1.58 bits per heavy atom. The molecule has 1 aliphatic heterocycles. The minimum absolute atomic E-state index is 0.0295. The van der Waals surface area contributed by atoms with Crippen LogP contribution in [0.2, 0.25) is 0 Å². The molecule has 3 aromatic rings. The lowest BCUT2D eigenvalue weighted by Gasteiger charge is -2.36. The van der Waals surface area contributed by atoms with Gasteiger partial charge in [-0.3, -0.25) is 0 Å². The lowest BCUT2D eigenvalue weighted by molar-refractivity contribution is 0.556. The predicted octanol–water partition coefficient (Wildman–Crippen LogP) is 3.16. The van der Waals surface area contributed by atoms with Gasteiger partial charge in [-0.25, -0.2) is 26.9 Å². The van der Waals surface area contributed by atoms with E-state index in [0.29, 0.717) is 0 Å². The Bertz CT molecular complexity index is 1150. The fraction of sp³-hybridized carbons (Fsp3) is 0.227. The summed E-state index contributed by atoms with van der Waals surface area (Å²) in [7, 11) is -3.96. The predicted molar refractivity (Wildman–Crippen MR) is 115 cm³/mol. The largest absolute Gasteiger partial charge is 0.368 e. The van der Waals surface area contributed by atoms with Crippen LogP contribution in [0.4, 0.5) is 20.3 Å². The molecule has 0 atom stereocenters. The highest BCUT2D eigenvalue weighted by Gasteiger charge is 2.20. The quantitative estimate of drug-likeness (QED) is 0.633. The van der Waals surface area contributed by atoms with Crippen molar-refractivity contribution in [2.45, 2.75) is 11.4 Å². The molecule has 1 saturated heterocycles. The van der Waals surface area contributed by atoms with E-state index in [2.05, 4.69) is 19.5 Å². The molecule has 1 aromatic heterocycles. The van der Waals surface area contributed by atoms with Crippen LogP contribution in [0, 0.1) is 11.6 Å². The zero-order valence-corrected chi connectivity index (χ0v) is 17.5. The van der Waals surface area contributed by atoms with Gasteiger partial charge in [0.05, 0.1) is 0 Å². The van der Waals surface area contributed by atoms with Gasteiger partial charge in [-0.05, 0) is 54.1 Å². The summed E-state index contributed by atoms with van der Waals surface area (Å²) in [6, 6.07) is 15.3. The maximum atomic E-state index is 13.8. The Hall–Kier alpha value is -3.04. The first-order chi connectivity index (χ1) is 14.9. The SMILES string of the molecule is O=S(=O)(NCc1ccnc(N2CCN(c3ccc(F)cc3)CC2)c1)c1ccccc1F. The van der Waals surface area contributed by atoms with Crippen molar-refractivity contribution in [3.63, 3.8) is 0 Å². The summed E-state index contributed by atoms with van der Waals surface area (Å²) < 4.78 is 54.2. The third kappa shape index (κ3) is 5.00. The van der Waals surface area contributed by atoms with Gasteiger partial charge < -0.3 is 9.80 Å². The number of hydrogen-bond donors (Lipinski definition) is 1. The second-order valence-electron chi connectivity index (χ2n) is 7.23. The number of sulfonamides is 1. The van der Waals surface area contributed by atoms with Crippen LogP contribution in [0.1, 0.15) is 5.56 Å². The van der Waals surface area contributed by atoms with Crippen molar-refractivity contribution in [3.8, 4) is 0 Å². The van der Waals surface area contributed by atoms with Gasteiger partial charge in [0.2, 0.25) is 10.0 Å². The number of benzene rings is 2. The van der Waals surface area contributed by atoms with E-state index in [9.17, 15) is 17.2 Å². The van der Waals surface area contributed by atoms with E-state index in [1.54, 1.807) is 24.4 Å². The summed E-state index contributed by atoms with van der Waals surface area (Å²) in [6.45, 7) is 3.01. The van der Waals surface area contributed by atoms with Gasteiger partial charge in [0.25, 0.3) is 0 Å². The second kappa shape index (κ2) is 8.99. The van der Waals surface area contributed by atoms with Crippen molar-refractivity contribution in [1.82, 2.24) is 9.71 Å². The Morgan fingerprint density at radius 1 is 0.903 bits per heavy atom. The molecule has 0 aliphatic carbocycles. The summed E-state index contributed by atoms with van der Waals surface area (Å²) >= 11 is 0. The van der Waals surface area contributed by atoms with Crippen LogP contribution in [-0.2, 0) is 16.6 Å². The van der Waals surface area contributed by atoms with Crippen molar-refractivity contribution >= 4 is 21.5 Å². The minimum Gasteiger partial charge on any atom is -0.368 e. The molecule has 1 fully saturated rings. The summed E-state index contributed by atoms with van der Waals surface area (Å²) in [5.74, 6) is -0.292. The number of nitrogens with one attached hydrogen (secondary N) is 1. The number of anilines is 2. The monoisotopic (exact) mass is 444 g/mol. The number of aromatic nitrogens is 1. The minimum atomic E-state index is -3.96. The number of nitrogens with zero attached hydrogens (tertiary/aromatic N) is 3. The highest BCUT2D eigenvalue weighted by Crippen LogP contribution is 2.21. The first-order valence-corrected chi connectivity index (χ1v) is 11.4. The van der Waals surface area contributed by atoms with Crippen molar-refractivity contribution in [2.75, 3.05) is 36.0 Å². The van der Waals surface area contributed by atoms with E-state index in [0.717, 1.165) is 49.3 Å². The van der Waals surface area contributed by atoms with Gasteiger partial charge >= 0.3 is 0 Å². The van der Waals surface area contributed by atoms with Crippen molar-refractivity contribution in [3.05, 3.63) is 84.1 Å². The molecule has 0 bridgehead atoms. The summed E-state index contributed by atoms with van der Waals surface area (Å²) in [5, 5.41) is 0. The van der Waals surface area contributed by atoms with Crippen molar-refractivity contribution < 1.29 is 17.2 Å². The van der Waals surface area contributed by atoms with E-state index < -0.39 is 15.8 Å². The zero-order valence-electron chi connectivity index (χ0n) is 16.7. The topological polar surface area (TPSA) is 65.5 Å². The molecule has 9 heteroatoms. The fourth-order valence-electron chi connectivity index (χ4n) is 3.51. The normalized spacial score (nSPS) is 14.6. The highest BCUT2D eigenvalue weighted by atomic mass is 32.2. The molecule has 1 N–H and O–H groups in total. The molecular formula is C22H22F2N4O2S. The number of rotatable bonds is 6. The van der Waals surface area contributed by atoms with Crippen LogP contribution in [0.25, 0.3) is 0 Å². The lowest BCUT2D eigenvalue weighted by Crippen LogP contribution is -2.46. The number of piperazine rings is 1. The summed E-state index contributed by atoms with van der Waals surface area (Å²) in [4.78, 5) is 8.34. The molecule has 0 unspecified atom stereocenters. The maximum absolute atomic E-state index is 13.8. The lowest BCUT2D eigenvalue weighted by atomic mass is 10.2. The first-order valence-electron chi connectivity index (χ1n) is 9.87. The van der Waals surface area contributed by atoms with Crippen LogP contribution in [0.15, 0.2) is 71.8 Å². The number of halogens is 2. The molecule has 6 nitrogen and oxygen atoms in total. The van der Waals surface area contributed by atoms with Crippen molar-refractivity contribution in [2.24, 2.45) is 0 Å². The van der Waals surface area contributed by atoms with E-state index in [1.165, 1.54) is 30.3 Å². The Labute approximate surface area is 180 Å². The third-order valence-electron chi connectivity index (χ3n) is 5.20. The van der Waals surface area contributed by atoms with Crippen molar-refractivity contribution in [1.29, 1.82) is 0 Å². The molecule has 1 aliphatic rings. The van der Waals surface area contributed by atoms with Gasteiger partial charge in [-0.1, -0.05) is 12.1 Å². The van der Waals surface area contributed by atoms with E-state index in [-0.39, 0.29) is 17.3 Å². The summed E-state index contributed by atoms with van der Waals surface area (Å²) in [5.41, 5.74) is 1.70. The first kappa shape index (κ1) is 21.2. The molecule has 0 radical (unpaired) electrons. The average molecular weight is 445 g/mol. The third-order valence-corrected chi connectivity index (χ3v) is 6.63. The maximum Gasteiger partial charge on any atom is 0.243 e. The molecular weight excluding hydrogens is 422 g/mol. The molecule has 0 amide bonds. The van der Waals surface area contributed by atoms with Crippen LogP contribution >= 0.6 is 0 Å². The van der Waals surface area contributed by atoms with E-state index >= 15 is 0 Å². The Morgan fingerprint density at radius 3 is 2.29 bits per heavy atom. The smallest absolute Gasteiger partial charge is 0.243 e. The van der Waals surface area contributed by atoms with E-state index in [1.807, 2.05) is 6.07 Å². The van der Waals surface area contributed by atoms with Gasteiger partial charge in [-0.2, -0.15) is 0 Å². The molecule has 4 rings (SSSR count). The van der Waals surface area contributed by atoms with Crippen LogP contribution < -0.4 is 14.5 Å². The van der Waals surface area contributed by atoms with Crippen LogP contribution in [0.3, 0.4) is 0 Å². The standard InChI is InChI=1S/C22H22F2N4O2S/c23-18-5-7-19(8-6-18)27-11-13-28(14-12-27)22-15-17(9-10-25-22)16-26-31(29,30)21-4-2-1-3-20(21)24/h1-10,15,26H,11-14,16H2. The molecule has 0 saturated carbocycles.